The molecule has 0 atom stereocenters. The SMILES string of the molecule is C=CCn1c(COc2ccc(C(C)(C)C)cc2)nnc1SCc1nc2sc(C(=O)OC)c(C)c2c(=O)[nH]1. The number of rotatable bonds is 9. The molecule has 1 N–H and O–H groups in total. The van der Waals surface area contributed by atoms with E-state index in [2.05, 4.69) is 59.6 Å². The van der Waals surface area contributed by atoms with E-state index in [1.54, 1.807) is 13.0 Å². The molecule has 11 heteroatoms. The Morgan fingerprint density at radius 3 is 2.62 bits per heavy atom. The number of nitrogens with one attached hydrogen (secondary N) is 1. The lowest BCUT2D eigenvalue weighted by Gasteiger charge is -2.19. The van der Waals surface area contributed by atoms with Crippen molar-refractivity contribution in [2.45, 2.75) is 57.2 Å². The Morgan fingerprint density at radius 2 is 1.97 bits per heavy atom. The number of methoxy groups -OCH3 is 1. The van der Waals surface area contributed by atoms with Gasteiger partial charge in [0.05, 0.1) is 18.2 Å². The van der Waals surface area contributed by atoms with Gasteiger partial charge in [-0.15, -0.1) is 28.1 Å². The molecule has 0 bridgehead atoms. The summed E-state index contributed by atoms with van der Waals surface area (Å²) in [5, 5.41) is 9.68. The van der Waals surface area contributed by atoms with Gasteiger partial charge in [-0.1, -0.05) is 50.7 Å². The second-order valence-corrected chi connectivity index (χ2v) is 11.3. The van der Waals surface area contributed by atoms with Crippen LogP contribution >= 0.6 is 23.1 Å². The number of ether oxygens (including phenoxy) is 2. The summed E-state index contributed by atoms with van der Waals surface area (Å²) >= 11 is 2.54. The molecule has 0 radical (unpaired) electrons. The van der Waals surface area contributed by atoms with Crippen molar-refractivity contribution < 1.29 is 14.3 Å². The monoisotopic (exact) mass is 539 g/mol. The van der Waals surface area contributed by atoms with E-state index in [4.69, 9.17) is 9.47 Å². The summed E-state index contributed by atoms with van der Waals surface area (Å²) < 4.78 is 12.7. The van der Waals surface area contributed by atoms with Crippen molar-refractivity contribution in [3.8, 4) is 5.75 Å². The molecule has 1 aromatic carbocycles. The Kier molecular flexibility index (Phi) is 7.84. The molecule has 3 aromatic heterocycles. The highest BCUT2D eigenvalue weighted by atomic mass is 32.2. The van der Waals surface area contributed by atoms with E-state index >= 15 is 0 Å². The van der Waals surface area contributed by atoms with Crippen molar-refractivity contribution in [2.24, 2.45) is 0 Å². The summed E-state index contributed by atoms with van der Waals surface area (Å²) in [5.74, 6) is 1.78. The van der Waals surface area contributed by atoms with Crippen LogP contribution in [0, 0.1) is 6.92 Å². The number of aryl methyl sites for hydroxylation is 1. The number of esters is 1. The normalized spacial score (nSPS) is 11.6. The average Bonchev–Trinajstić information content (AvgIpc) is 3.41. The predicted molar refractivity (Wildman–Crippen MR) is 146 cm³/mol. The van der Waals surface area contributed by atoms with Crippen LogP contribution in [0.4, 0.5) is 0 Å². The Hall–Kier alpha value is -3.44. The smallest absolute Gasteiger partial charge is 0.348 e. The molecule has 3 heterocycles. The Morgan fingerprint density at radius 1 is 1.24 bits per heavy atom. The van der Waals surface area contributed by atoms with Gasteiger partial charge in [-0.2, -0.15) is 0 Å². The fourth-order valence-electron chi connectivity index (χ4n) is 3.72. The average molecular weight is 540 g/mol. The maximum Gasteiger partial charge on any atom is 0.348 e. The highest BCUT2D eigenvalue weighted by Gasteiger charge is 2.20. The van der Waals surface area contributed by atoms with Gasteiger partial charge < -0.3 is 14.5 Å². The minimum atomic E-state index is -0.478. The number of thiophene rings is 1. The molecule has 0 aliphatic heterocycles. The van der Waals surface area contributed by atoms with Crippen LogP contribution in [0.1, 0.15) is 53.2 Å². The Labute approximate surface area is 222 Å². The van der Waals surface area contributed by atoms with Crippen molar-refractivity contribution in [2.75, 3.05) is 7.11 Å². The number of thioether (sulfide) groups is 1. The van der Waals surface area contributed by atoms with E-state index in [0.717, 1.165) is 17.1 Å². The molecule has 0 unspecified atom stereocenters. The van der Waals surface area contributed by atoms with Gasteiger partial charge in [0, 0.05) is 6.54 Å². The van der Waals surface area contributed by atoms with E-state index in [-0.39, 0.29) is 17.6 Å². The van der Waals surface area contributed by atoms with Crippen molar-refractivity contribution in [1.29, 1.82) is 0 Å². The topological polar surface area (TPSA) is 112 Å². The molecule has 37 heavy (non-hydrogen) atoms. The first-order valence-corrected chi connectivity index (χ1v) is 13.4. The van der Waals surface area contributed by atoms with Crippen molar-refractivity contribution >= 4 is 39.3 Å². The van der Waals surface area contributed by atoms with Crippen LogP contribution in [-0.2, 0) is 29.1 Å². The maximum atomic E-state index is 12.7. The predicted octanol–water partition coefficient (Wildman–Crippen LogP) is 5.03. The third-order valence-corrected chi connectivity index (χ3v) is 7.90. The number of carbonyl (C=O) groups excluding carboxylic acids is 1. The van der Waals surface area contributed by atoms with Crippen molar-refractivity contribution in [3.63, 3.8) is 0 Å². The minimum absolute atomic E-state index is 0.0738. The first-order chi connectivity index (χ1) is 17.6. The molecule has 0 aliphatic carbocycles. The van der Waals surface area contributed by atoms with E-state index in [1.807, 2.05) is 16.7 Å². The highest BCUT2D eigenvalue weighted by Crippen LogP contribution is 2.29. The van der Waals surface area contributed by atoms with Gasteiger partial charge in [0.2, 0.25) is 0 Å². The van der Waals surface area contributed by atoms with Gasteiger partial charge in [0.15, 0.2) is 11.0 Å². The van der Waals surface area contributed by atoms with Gasteiger partial charge >= 0.3 is 5.97 Å². The Balaban J connectivity index is 1.49. The molecular weight excluding hydrogens is 510 g/mol. The molecule has 0 saturated heterocycles. The van der Waals surface area contributed by atoms with Crippen LogP contribution in [0.3, 0.4) is 0 Å². The van der Waals surface area contributed by atoms with Crippen LogP contribution in [0.25, 0.3) is 10.2 Å². The second kappa shape index (κ2) is 10.9. The van der Waals surface area contributed by atoms with Crippen LogP contribution in [0.2, 0.25) is 0 Å². The summed E-state index contributed by atoms with van der Waals surface area (Å²) in [6.45, 7) is 12.8. The Bertz CT molecular complexity index is 1500. The molecule has 0 fully saturated rings. The van der Waals surface area contributed by atoms with E-state index < -0.39 is 5.97 Å². The molecule has 0 saturated carbocycles. The molecule has 0 aliphatic rings. The summed E-state index contributed by atoms with van der Waals surface area (Å²) in [5.41, 5.74) is 1.59. The summed E-state index contributed by atoms with van der Waals surface area (Å²) in [6.07, 6.45) is 1.77. The van der Waals surface area contributed by atoms with Crippen molar-refractivity contribution in [3.05, 3.63) is 74.9 Å². The zero-order valence-electron chi connectivity index (χ0n) is 21.5. The standard InChI is InChI=1S/C26H29N5O4S2/c1-7-12-31-19(13-35-17-10-8-16(9-11-17)26(3,4)5)29-30-25(31)36-14-18-27-22(32)20-15(2)21(24(33)34-6)37-23(20)28-18/h7-11H,1,12-14H2,2-6H3,(H,27,28,32). The maximum absolute atomic E-state index is 12.7. The van der Waals surface area contributed by atoms with E-state index in [0.29, 0.717) is 49.8 Å². The third-order valence-electron chi connectivity index (χ3n) is 5.75. The molecular formula is C26H29N5O4S2. The highest BCUT2D eigenvalue weighted by molar-refractivity contribution is 7.98. The number of hydrogen-bond donors (Lipinski definition) is 1. The number of aromatic amines is 1. The molecule has 9 nitrogen and oxygen atoms in total. The summed E-state index contributed by atoms with van der Waals surface area (Å²) in [7, 11) is 1.31. The number of fused-ring (bicyclic) bond motifs is 1. The first-order valence-electron chi connectivity index (χ1n) is 11.6. The first kappa shape index (κ1) is 26.6. The fraction of sp³-hybridized carbons (Fsp3) is 0.346. The number of H-pyrrole nitrogens is 1. The van der Waals surface area contributed by atoms with E-state index in [9.17, 15) is 9.59 Å². The zero-order chi connectivity index (χ0) is 26.7. The van der Waals surface area contributed by atoms with E-state index in [1.165, 1.54) is 24.4 Å². The van der Waals surface area contributed by atoms with Crippen LogP contribution in [0.15, 0.2) is 46.9 Å². The third kappa shape index (κ3) is 5.78. The molecule has 0 amide bonds. The summed E-state index contributed by atoms with van der Waals surface area (Å²) in [4.78, 5) is 33.0. The molecule has 4 aromatic rings. The second-order valence-electron chi connectivity index (χ2n) is 9.39. The number of nitrogens with zero attached hydrogens (tertiary/aromatic N) is 4. The summed E-state index contributed by atoms with van der Waals surface area (Å²) in [6, 6.07) is 8.05. The molecule has 194 valence electrons. The van der Waals surface area contributed by atoms with Gasteiger partial charge in [0.1, 0.15) is 27.9 Å². The lowest BCUT2D eigenvalue weighted by Crippen LogP contribution is -2.12. The number of allylic oxidation sites excluding steroid dienone is 1. The molecule has 4 rings (SSSR count). The number of aromatic nitrogens is 5. The molecule has 0 spiro atoms. The number of benzene rings is 1. The van der Waals surface area contributed by atoms with Crippen LogP contribution in [0.5, 0.6) is 5.75 Å². The van der Waals surface area contributed by atoms with Gasteiger partial charge in [0.25, 0.3) is 5.56 Å². The van der Waals surface area contributed by atoms with Crippen LogP contribution in [-0.4, -0.2) is 37.8 Å². The number of carbonyl (C=O) groups is 1. The van der Waals surface area contributed by atoms with Crippen molar-refractivity contribution in [1.82, 2.24) is 24.7 Å². The van der Waals surface area contributed by atoms with Gasteiger partial charge in [-0.3, -0.25) is 9.36 Å². The fourth-order valence-corrected chi connectivity index (χ4v) is 5.68. The quantitative estimate of drug-likeness (QED) is 0.179. The van der Waals surface area contributed by atoms with Crippen LogP contribution < -0.4 is 10.3 Å². The minimum Gasteiger partial charge on any atom is -0.486 e. The van der Waals surface area contributed by atoms with Gasteiger partial charge in [-0.05, 0) is 35.6 Å². The largest absolute Gasteiger partial charge is 0.486 e. The zero-order valence-corrected chi connectivity index (χ0v) is 23.1. The number of hydrogen-bond acceptors (Lipinski definition) is 9. The van der Waals surface area contributed by atoms with Gasteiger partial charge in [-0.25, -0.2) is 9.78 Å². The lowest BCUT2D eigenvalue weighted by atomic mass is 9.87. The lowest BCUT2D eigenvalue weighted by molar-refractivity contribution is 0.0605.